The van der Waals surface area contributed by atoms with Crippen molar-refractivity contribution in [1.29, 1.82) is 0 Å². The Morgan fingerprint density at radius 1 is 1.10 bits per heavy atom. The maximum Gasteiger partial charge on any atom is 0.409 e. The molecule has 1 N–H and O–H groups in total. The molecule has 3 unspecified atom stereocenters. The quantitative estimate of drug-likeness (QED) is 0.305. The molecule has 3 atom stereocenters. The van der Waals surface area contributed by atoms with Gasteiger partial charge in [0.05, 0.1) is 13.2 Å². The predicted molar refractivity (Wildman–Crippen MR) is 151 cm³/mol. The molecule has 1 aromatic rings. The number of rotatable bonds is 10. The number of carbonyl (C=O) groups excluding carboxylic acids is 2. The van der Waals surface area contributed by atoms with Crippen LogP contribution in [0.3, 0.4) is 0 Å². The molecule has 4 heterocycles. The topological polar surface area (TPSA) is 136 Å². The van der Waals surface area contributed by atoms with E-state index in [2.05, 4.69) is 5.48 Å². The molecule has 4 fully saturated rings. The van der Waals surface area contributed by atoms with Gasteiger partial charge in [-0.3, -0.25) is 4.79 Å². The van der Waals surface area contributed by atoms with E-state index in [1.807, 2.05) is 0 Å². The van der Waals surface area contributed by atoms with Gasteiger partial charge >= 0.3 is 6.09 Å². The van der Waals surface area contributed by atoms with Gasteiger partial charge in [-0.1, -0.05) is 11.6 Å². The van der Waals surface area contributed by atoms with E-state index in [0.29, 0.717) is 43.1 Å². The Morgan fingerprint density at radius 2 is 1.86 bits per heavy atom. The van der Waals surface area contributed by atoms with Crippen LogP contribution in [0.25, 0.3) is 0 Å². The first-order valence-corrected chi connectivity index (χ1v) is 16.2. The van der Waals surface area contributed by atoms with E-state index < -0.39 is 40.1 Å². The van der Waals surface area contributed by atoms with Gasteiger partial charge < -0.3 is 23.8 Å². The fourth-order valence-corrected chi connectivity index (χ4v) is 8.37. The first-order chi connectivity index (χ1) is 20.2. The molecule has 4 saturated heterocycles. The van der Waals surface area contributed by atoms with Gasteiger partial charge in [0.2, 0.25) is 0 Å². The molecule has 13 nitrogen and oxygen atoms in total. The standard InChI is InChI=1S/C27H39ClN4O9S/c1-37-16-17-39-26(34)30-18-21-9-12-27(19-30,25(33)29-41-24-4-2-3-15-38-24)32(21)42(35,36)31-13-10-23(11-14-31)40-22-7-5-20(28)6-8-22/h5-8,21,23-24H,2-4,9-19H2,1H3,(H,29,33). The van der Waals surface area contributed by atoms with E-state index in [-0.39, 0.29) is 51.9 Å². The minimum absolute atomic E-state index is 0.0485. The average molecular weight is 631 g/mol. The lowest BCUT2D eigenvalue weighted by Crippen LogP contribution is -2.71. The molecular weight excluding hydrogens is 592 g/mol. The molecule has 0 saturated carbocycles. The molecule has 4 aliphatic heterocycles. The molecule has 234 valence electrons. The zero-order chi connectivity index (χ0) is 29.7. The highest BCUT2D eigenvalue weighted by Gasteiger charge is 2.63. The Labute approximate surface area is 251 Å². The molecule has 1 aromatic carbocycles. The normalized spacial score (nSPS) is 27.5. The Hall–Kier alpha value is -2.20. The number of carbonyl (C=O) groups is 2. The molecule has 15 heteroatoms. The second kappa shape index (κ2) is 13.6. The summed E-state index contributed by atoms with van der Waals surface area (Å²) < 4.78 is 53.0. The summed E-state index contributed by atoms with van der Waals surface area (Å²) in [6.45, 7) is 1.21. The number of hydrogen-bond acceptors (Lipinski definition) is 9. The number of hydroxylamine groups is 1. The van der Waals surface area contributed by atoms with Crippen LogP contribution in [0.5, 0.6) is 5.75 Å². The number of fused-ring (bicyclic) bond motifs is 2. The number of halogens is 1. The summed E-state index contributed by atoms with van der Waals surface area (Å²) in [7, 11) is -2.59. The molecule has 2 bridgehead atoms. The number of ether oxygens (including phenoxy) is 4. The third-order valence-electron chi connectivity index (χ3n) is 8.24. The van der Waals surface area contributed by atoms with Crippen molar-refractivity contribution >= 4 is 33.8 Å². The van der Waals surface area contributed by atoms with Crippen molar-refractivity contribution in [2.45, 2.75) is 68.9 Å². The fourth-order valence-electron chi connectivity index (χ4n) is 6.10. The van der Waals surface area contributed by atoms with Crippen LogP contribution in [0.1, 0.15) is 44.9 Å². The molecule has 2 amide bonds. The first-order valence-electron chi connectivity index (χ1n) is 14.4. The second-order valence-electron chi connectivity index (χ2n) is 11.0. The summed E-state index contributed by atoms with van der Waals surface area (Å²) in [6.07, 6.45) is 2.64. The summed E-state index contributed by atoms with van der Waals surface area (Å²) in [5.74, 6) is 0.0444. The number of likely N-dealkylation sites (tertiary alicyclic amines) is 1. The number of nitrogens with one attached hydrogen (secondary N) is 1. The number of nitrogens with zero attached hydrogens (tertiary/aromatic N) is 3. The van der Waals surface area contributed by atoms with Crippen LogP contribution in [0.15, 0.2) is 24.3 Å². The van der Waals surface area contributed by atoms with Gasteiger partial charge in [0.1, 0.15) is 24.0 Å². The first kappa shape index (κ1) is 31.2. The van der Waals surface area contributed by atoms with E-state index in [0.717, 1.165) is 12.8 Å². The largest absolute Gasteiger partial charge is 0.490 e. The van der Waals surface area contributed by atoms with Gasteiger partial charge in [-0.25, -0.2) is 15.1 Å². The van der Waals surface area contributed by atoms with Gasteiger partial charge in [-0.15, -0.1) is 0 Å². The third kappa shape index (κ3) is 6.79. The Kier molecular flexibility index (Phi) is 10.1. The monoisotopic (exact) mass is 630 g/mol. The van der Waals surface area contributed by atoms with Crippen LogP contribution in [-0.4, -0.2) is 111 Å². The fraction of sp³-hybridized carbons (Fsp3) is 0.704. The highest BCUT2D eigenvalue weighted by molar-refractivity contribution is 7.86. The number of amides is 2. The smallest absolute Gasteiger partial charge is 0.409 e. The molecule has 0 spiro atoms. The minimum Gasteiger partial charge on any atom is -0.490 e. The van der Waals surface area contributed by atoms with Crippen LogP contribution < -0.4 is 10.2 Å². The molecule has 0 aliphatic carbocycles. The van der Waals surface area contributed by atoms with Crippen LogP contribution in [0.2, 0.25) is 5.02 Å². The maximum absolute atomic E-state index is 14.2. The lowest BCUT2D eigenvalue weighted by atomic mass is 9.96. The van der Waals surface area contributed by atoms with E-state index in [4.69, 9.17) is 35.4 Å². The van der Waals surface area contributed by atoms with Gasteiger partial charge in [0.15, 0.2) is 6.29 Å². The number of methoxy groups -OCH3 is 1. The Morgan fingerprint density at radius 3 is 2.55 bits per heavy atom. The van der Waals surface area contributed by atoms with Crippen molar-refractivity contribution in [2.75, 3.05) is 53.1 Å². The highest BCUT2D eigenvalue weighted by atomic mass is 35.5. The van der Waals surface area contributed by atoms with Gasteiger partial charge in [-0.2, -0.15) is 17.0 Å². The van der Waals surface area contributed by atoms with Crippen molar-refractivity contribution < 1.29 is 41.8 Å². The Balaban J connectivity index is 1.31. The summed E-state index contributed by atoms with van der Waals surface area (Å²) in [6, 6.07) is 6.46. The van der Waals surface area contributed by atoms with Gasteiger partial charge in [0.25, 0.3) is 16.1 Å². The highest BCUT2D eigenvalue weighted by Crippen LogP contribution is 2.43. The lowest BCUT2D eigenvalue weighted by molar-refractivity contribution is -0.205. The van der Waals surface area contributed by atoms with E-state index in [1.165, 1.54) is 20.6 Å². The van der Waals surface area contributed by atoms with E-state index in [9.17, 15) is 18.0 Å². The summed E-state index contributed by atoms with van der Waals surface area (Å²) in [5.41, 5.74) is 0.917. The van der Waals surface area contributed by atoms with Crippen molar-refractivity contribution in [2.24, 2.45) is 0 Å². The van der Waals surface area contributed by atoms with E-state index in [1.54, 1.807) is 24.3 Å². The van der Waals surface area contributed by atoms with Gasteiger partial charge in [0, 0.05) is 50.8 Å². The van der Waals surface area contributed by atoms with Crippen LogP contribution >= 0.6 is 11.6 Å². The number of benzene rings is 1. The van der Waals surface area contributed by atoms with Gasteiger partial charge in [-0.05, 0) is 62.8 Å². The molecule has 5 rings (SSSR count). The summed E-state index contributed by atoms with van der Waals surface area (Å²) >= 11 is 5.96. The molecular formula is C27H39ClN4O9S. The summed E-state index contributed by atoms with van der Waals surface area (Å²) in [5, 5.41) is 0.607. The zero-order valence-electron chi connectivity index (χ0n) is 23.7. The maximum atomic E-state index is 14.2. The van der Waals surface area contributed by atoms with Crippen molar-refractivity contribution in [3.63, 3.8) is 0 Å². The molecule has 0 radical (unpaired) electrons. The SMILES string of the molecule is COCCOC(=O)N1CC2CCC(C(=O)NOC3CCCCO3)(C1)N2S(=O)(=O)N1CCC(Oc2ccc(Cl)cc2)CC1. The lowest BCUT2D eigenvalue weighted by Gasteiger charge is -2.48. The van der Waals surface area contributed by atoms with Crippen molar-refractivity contribution in [3.05, 3.63) is 29.3 Å². The number of piperidine rings is 1. The Bertz CT molecular complexity index is 1190. The van der Waals surface area contributed by atoms with Crippen LogP contribution in [0, 0.1) is 0 Å². The predicted octanol–water partition coefficient (Wildman–Crippen LogP) is 2.30. The number of piperazine rings is 1. The van der Waals surface area contributed by atoms with Crippen LogP contribution in [0.4, 0.5) is 4.79 Å². The molecule has 42 heavy (non-hydrogen) atoms. The minimum atomic E-state index is -4.09. The average Bonchev–Trinajstić information content (AvgIpc) is 3.26. The summed E-state index contributed by atoms with van der Waals surface area (Å²) in [4.78, 5) is 33.7. The van der Waals surface area contributed by atoms with Crippen molar-refractivity contribution in [1.82, 2.24) is 19.0 Å². The zero-order valence-corrected chi connectivity index (χ0v) is 25.3. The van der Waals surface area contributed by atoms with Crippen molar-refractivity contribution in [3.8, 4) is 5.75 Å². The van der Waals surface area contributed by atoms with E-state index >= 15 is 0 Å². The third-order valence-corrected chi connectivity index (χ3v) is 10.6. The molecule has 0 aromatic heterocycles. The second-order valence-corrected chi connectivity index (χ2v) is 13.3. The van der Waals surface area contributed by atoms with Crippen LogP contribution in [-0.2, 0) is 34.1 Å². The number of hydrogen-bond donors (Lipinski definition) is 1. The molecule has 4 aliphatic rings.